The predicted octanol–water partition coefficient (Wildman–Crippen LogP) is 0.997. The topological polar surface area (TPSA) is 35.5 Å². The molecule has 0 aromatic rings. The molecule has 0 amide bonds. The number of nitrogens with one attached hydrogen (secondary N) is 1. The van der Waals surface area contributed by atoms with Crippen LogP contribution in [0.15, 0.2) is 12.2 Å². The quantitative estimate of drug-likeness (QED) is 0.699. The average Bonchev–Trinajstić information content (AvgIpc) is 2.78. The summed E-state index contributed by atoms with van der Waals surface area (Å²) in [5.41, 5.74) is 0. The Morgan fingerprint density at radius 3 is 2.62 bits per heavy atom. The zero-order chi connectivity index (χ0) is 11.4. The molecule has 0 unspecified atom stereocenters. The van der Waals surface area contributed by atoms with E-state index in [-0.39, 0.29) is 0 Å². The minimum atomic E-state index is 0.295. The fourth-order valence-corrected chi connectivity index (χ4v) is 2.75. The molecule has 2 rings (SSSR count). The molecule has 3 heteroatoms. The van der Waals surface area contributed by atoms with Crippen LogP contribution in [-0.4, -0.2) is 48.3 Å². The zero-order valence-corrected chi connectivity index (χ0v) is 10.2. The molecule has 2 atom stereocenters. The van der Waals surface area contributed by atoms with E-state index in [9.17, 15) is 0 Å². The van der Waals surface area contributed by atoms with Gasteiger partial charge >= 0.3 is 0 Å². The lowest BCUT2D eigenvalue weighted by Crippen LogP contribution is -2.45. The van der Waals surface area contributed by atoms with Gasteiger partial charge in [-0.25, -0.2) is 0 Å². The van der Waals surface area contributed by atoms with E-state index < -0.39 is 0 Å². The Hall–Kier alpha value is -0.380. The smallest absolute Gasteiger partial charge is 0.0494 e. The van der Waals surface area contributed by atoms with Crippen molar-refractivity contribution in [2.75, 3.05) is 26.2 Å². The van der Waals surface area contributed by atoms with Crippen molar-refractivity contribution in [3.05, 3.63) is 12.2 Å². The standard InChI is InChI=1S/C13H24N2O/c1-2-15-7-5-12(6-8-15)14-13-4-3-11(9-13)10-16/h3-4,11-14,16H,2,5-10H2,1H3/t11-,13+/m0/s1. The second-order valence-electron chi connectivity index (χ2n) is 5.04. The highest BCUT2D eigenvalue weighted by molar-refractivity contribution is 5.06. The Morgan fingerprint density at radius 1 is 1.31 bits per heavy atom. The molecule has 0 radical (unpaired) electrons. The molecule has 0 saturated carbocycles. The molecule has 92 valence electrons. The van der Waals surface area contributed by atoms with Crippen molar-refractivity contribution < 1.29 is 5.11 Å². The van der Waals surface area contributed by atoms with Crippen molar-refractivity contribution in [1.29, 1.82) is 0 Å². The third-order valence-corrected chi connectivity index (χ3v) is 3.89. The molecule has 0 bridgehead atoms. The van der Waals surface area contributed by atoms with Gasteiger partial charge in [-0.15, -0.1) is 0 Å². The summed E-state index contributed by atoms with van der Waals surface area (Å²) >= 11 is 0. The Labute approximate surface area is 98.5 Å². The minimum absolute atomic E-state index is 0.295. The number of piperidine rings is 1. The molecular formula is C13H24N2O. The second kappa shape index (κ2) is 5.80. The first kappa shape index (κ1) is 12.1. The van der Waals surface area contributed by atoms with Gasteiger partial charge in [0.1, 0.15) is 0 Å². The van der Waals surface area contributed by atoms with Gasteiger partial charge < -0.3 is 15.3 Å². The first-order valence-electron chi connectivity index (χ1n) is 6.59. The first-order valence-corrected chi connectivity index (χ1v) is 6.59. The Morgan fingerprint density at radius 2 is 2.06 bits per heavy atom. The number of aliphatic hydroxyl groups excluding tert-OH is 1. The van der Waals surface area contributed by atoms with E-state index in [0.717, 1.165) is 6.42 Å². The molecule has 3 nitrogen and oxygen atoms in total. The van der Waals surface area contributed by atoms with Gasteiger partial charge in [0.15, 0.2) is 0 Å². The molecule has 1 aliphatic carbocycles. The van der Waals surface area contributed by atoms with Crippen LogP contribution in [0.4, 0.5) is 0 Å². The molecule has 1 heterocycles. The first-order chi connectivity index (χ1) is 7.81. The van der Waals surface area contributed by atoms with Crippen LogP contribution in [0.5, 0.6) is 0 Å². The van der Waals surface area contributed by atoms with Gasteiger partial charge in [-0.05, 0) is 38.9 Å². The number of nitrogens with zero attached hydrogens (tertiary/aromatic N) is 1. The van der Waals surface area contributed by atoms with Gasteiger partial charge in [0.25, 0.3) is 0 Å². The van der Waals surface area contributed by atoms with Gasteiger partial charge in [-0.2, -0.15) is 0 Å². The lowest BCUT2D eigenvalue weighted by atomic mass is 10.0. The van der Waals surface area contributed by atoms with Crippen LogP contribution in [0.25, 0.3) is 0 Å². The van der Waals surface area contributed by atoms with Crippen molar-refractivity contribution in [2.24, 2.45) is 5.92 Å². The van der Waals surface area contributed by atoms with Crippen LogP contribution in [0.1, 0.15) is 26.2 Å². The van der Waals surface area contributed by atoms with Gasteiger partial charge in [0, 0.05) is 24.6 Å². The largest absolute Gasteiger partial charge is 0.396 e. The number of hydrogen-bond acceptors (Lipinski definition) is 3. The summed E-state index contributed by atoms with van der Waals surface area (Å²) in [7, 11) is 0. The van der Waals surface area contributed by atoms with E-state index in [0.29, 0.717) is 24.6 Å². The van der Waals surface area contributed by atoms with Gasteiger partial charge in [-0.3, -0.25) is 0 Å². The molecule has 1 saturated heterocycles. The van der Waals surface area contributed by atoms with Crippen LogP contribution in [0.3, 0.4) is 0 Å². The maximum absolute atomic E-state index is 9.07. The lowest BCUT2D eigenvalue weighted by Gasteiger charge is -2.33. The fourth-order valence-electron chi connectivity index (χ4n) is 2.75. The van der Waals surface area contributed by atoms with E-state index in [1.54, 1.807) is 0 Å². The maximum atomic E-state index is 9.07. The fraction of sp³-hybridized carbons (Fsp3) is 0.846. The molecule has 0 aromatic heterocycles. The Bertz CT molecular complexity index is 234. The number of aliphatic hydroxyl groups is 1. The van der Waals surface area contributed by atoms with Crippen LogP contribution < -0.4 is 5.32 Å². The Kier molecular flexibility index (Phi) is 4.38. The molecule has 16 heavy (non-hydrogen) atoms. The average molecular weight is 224 g/mol. The summed E-state index contributed by atoms with van der Waals surface area (Å²) in [6, 6.07) is 1.17. The minimum Gasteiger partial charge on any atom is -0.396 e. The van der Waals surface area contributed by atoms with Gasteiger partial charge in [-0.1, -0.05) is 19.1 Å². The normalized spacial score (nSPS) is 32.4. The summed E-state index contributed by atoms with van der Waals surface area (Å²) in [5.74, 6) is 0.383. The number of hydrogen-bond donors (Lipinski definition) is 2. The lowest BCUT2D eigenvalue weighted by molar-refractivity contribution is 0.197. The third kappa shape index (κ3) is 3.06. The van der Waals surface area contributed by atoms with Crippen LogP contribution in [0.2, 0.25) is 0 Å². The third-order valence-electron chi connectivity index (χ3n) is 3.89. The number of likely N-dealkylation sites (tertiary alicyclic amines) is 1. The summed E-state index contributed by atoms with van der Waals surface area (Å²) in [6.07, 6.45) is 7.99. The van der Waals surface area contributed by atoms with E-state index >= 15 is 0 Å². The van der Waals surface area contributed by atoms with Crippen LogP contribution in [0, 0.1) is 5.92 Å². The predicted molar refractivity (Wildman–Crippen MR) is 66.4 cm³/mol. The second-order valence-corrected chi connectivity index (χ2v) is 5.04. The van der Waals surface area contributed by atoms with Crippen molar-refractivity contribution in [3.8, 4) is 0 Å². The highest BCUT2D eigenvalue weighted by Crippen LogP contribution is 2.19. The summed E-state index contributed by atoms with van der Waals surface area (Å²) < 4.78 is 0. The van der Waals surface area contributed by atoms with Crippen LogP contribution >= 0.6 is 0 Å². The molecule has 2 N–H and O–H groups in total. The van der Waals surface area contributed by atoms with Crippen molar-refractivity contribution in [2.45, 2.75) is 38.3 Å². The molecule has 0 aromatic carbocycles. The van der Waals surface area contributed by atoms with Gasteiger partial charge in [0.05, 0.1) is 0 Å². The summed E-state index contributed by atoms with van der Waals surface area (Å²) in [6.45, 7) is 6.17. The summed E-state index contributed by atoms with van der Waals surface area (Å²) in [5, 5.41) is 12.8. The molecule has 1 aliphatic heterocycles. The van der Waals surface area contributed by atoms with Crippen molar-refractivity contribution in [1.82, 2.24) is 10.2 Å². The Balaban J connectivity index is 1.70. The van der Waals surface area contributed by atoms with Gasteiger partial charge in [0.2, 0.25) is 0 Å². The number of rotatable bonds is 4. The molecule has 0 spiro atoms. The monoisotopic (exact) mass is 224 g/mol. The molecular weight excluding hydrogens is 200 g/mol. The van der Waals surface area contributed by atoms with E-state index in [1.165, 1.54) is 32.5 Å². The SMILES string of the molecule is CCN1CCC(N[C@@H]2C=C[C@H](CO)C2)CC1. The summed E-state index contributed by atoms with van der Waals surface area (Å²) in [4.78, 5) is 2.51. The molecule has 2 aliphatic rings. The van der Waals surface area contributed by atoms with Crippen molar-refractivity contribution in [3.63, 3.8) is 0 Å². The van der Waals surface area contributed by atoms with E-state index in [4.69, 9.17) is 5.11 Å². The highest BCUT2D eigenvalue weighted by Gasteiger charge is 2.23. The van der Waals surface area contributed by atoms with Crippen molar-refractivity contribution >= 4 is 0 Å². The maximum Gasteiger partial charge on any atom is 0.0494 e. The van der Waals surface area contributed by atoms with E-state index in [2.05, 4.69) is 29.3 Å². The zero-order valence-electron chi connectivity index (χ0n) is 10.2. The molecule has 1 fully saturated rings. The highest BCUT2D eigenvalue weighted by atomic mass is 16.3. The van der Waals surface area contributed by atoms with Crippen LogP contribution in [-0.2, 0) is 0 Å². The van der Waals surface area contributed by atoms with E-state index in [1.807, 2.05) is 0 Å².